The fourth-order valence-electron chi connectivity index (χ4n) is 0.585. The second-order valence-corrected chi connectivity index (χ2v) is 7.02. The van der Waals surface area contributed by atoms with E-state index in [0.717, 1.165) is 0 Å². The monoisotopic (exact) mass is 249 g/mol. The van der Waals surface area contributed by atoms with Gasteiger partial charge in [-0.15, -0.1) is 0 Å². The van der Waals surface area contributed by atoms with Crippen LogP contribution in [0.2, 0.25) is 0 Å². The van der Waals surface area contributed by atoms with E-state index in [9.17, 15) is 4.79 Å². The molecule has 0 aromatic heterocycles. The number of alkyl halides is 1. The van der Waals surface area contributed by atoms with Crippen molar-refractivity contribution in [1.82, 2.24) is 5.32 Å². The second kappa shape index (κ2) is 3.99. The molecule has 2 nitrogen and oxygen atoms in total. The van der Waals surface area contributed by atoms with Gasteiger partial charge in [0.15, 0.2) is 0 Å². The van der Waals surface area contributed by atoms with Crippen LogP contribution in [0.5, 0.6) is 0 Å². The molecule has 0 radical (unpaired) electrons. The lowest BCUT2D eigenvalue weighted by Gasteiger charge is -2.30. The molecule has 3 heteroatoms. The molecule has 0 bridgehead atoms. The topological polar surface area (TPSA) is 29.1 Å². The lowest BCUT2D eigenvalue weighted by molar-refractivity contribution is -0.123. The number of halogens is 1. The van der Waals surface area contributed by atoms with Crippen molar-refractivity contribution < 1.29 is 4.79 Å². The highest BCUT2D eigenvalue weighted by Gasteiger charge is 2.28. The van der Waals surface area contributed by atoms with Gasteiger partial charge in [-0.05, 0) is 26.2 Å². The summed E-state index contributed by atoms with van der Waals surface area (Å²) in [7, 11) is 0. The summed E-state index contributed by atoms with van der Waals surface area (Å²) in [5.74, 6) is 0.0370. The van der Waals surface area contributed by atoms with Gasteiger partial charge in [0.1, 0.15) is 0 Å². The molecular formula is C10H20BrNO. The summed E-state index contributed by atoms with van der Waals surface area (Å²) in [6.45, 7) is 12.0. The molecule has 0 heterocycles. The Morgan fingerprint density at radius 3 is 1.85 bits per heavy atom. The van der Waals surface area contributed by atoms with Crippen molar-refractivity contribution in [3.63, 3.8) is 0 Å². The van der Waals surface area contributed by atoms with Crippen LogP contribution in [0, 0.1) is 5.41 Å². The Kier molecular flexibility index (Phi) is 3.97. The third-order valence-electron chi connectivity index (χ3n) is 2.19. The highest BCUT2D eigenvalue weighted by molar-refractivity contribution is 9.10. The van der Waals surface area contributed by atoms with Crippen molar-refractivity contribution in [2.45, 2.75) is 51.9 Å². The van der Waals surface area contributed by atoms with Crippen molar-refractivity contribution in [3.05, 3.63) is 0 Å². The summed E-state index contributed by atoms with van der Waals surface area (Å²) < 4.78 is -0.480. The molecule has 0 saturated heterocycles. The highest BCUT2D eigenvalue weighted by atomic mass is 79.9. The Balaban J connectivity index is 4.24. The van der Waals surface area contributed by atoms with Gasteiger partial charge in [0.2, 0.25) is 5.91 Å². The molecule has 1 unspecified atom stereocenters. The van der Waals surface area contributed by atoms with Crippen molar-refractivity contribution in [2.24, 2.45) is 5.41 Å². The average molecular weight is 250 g/mol. The largest absolute Gasteiger partial charge is 0.352 e. The summed E-state index contributed by atoms with van der Waals surface area (Å²) in [5.41, 5.74) is 0.105. The molecule has 0 rings (SSSR count). The van der Waals surface area contributed by atoms with Gasteiger partial charge in [0, 0.05) is 6.04 Å². The Morgan fingerprint density at radius 1 is 1.23 bits per heavy atom. The molecule has 13 heavy (non-hydrogen) atoms. The molecule has 0 spiro atoms. The van der Waals surface area contributed by atoms with E-state index >= 15 is 0 Å². The molecule has 0 aromatic rings. The maximum Gasteiger partial charge on any atom is 0.236 e. The number of amides is 1. The SMILES string of the molecule is CC(NC(=O)C(C)(C)Br)C(C)(C)C. The molecule has 1 amide bonds. The van der Waals surface area contributed by atoms with E-state index in [-0.39, 0.29) is 17.4 Å². The minimum Gasteiger partial charge on any atom is -0.352 e. The van der Waals surface area contributed by atoms with Crippen LogP contribution in [-0.2, 0) is 4.79 Å². The first kappa shape index (κ1) is 12.9. The van der Waals surface area contributed by atoms with Gasteiger partial charge in [0.05, 0.1) is 4.32 Å². The number of carbonyl (C=O) groups is 1. The molecule has 0 aliphatic heterocycles. The molecular weight excluding hydrogens is 230 g/mol. The normalized spacial score (nSPS) is 15.3. The molecule has 0 aliphatic carbocycles. The summed E-state index contributed by atoms with van der Waals surface area (Å²) in [5, 5.41) is 2.97. The van der Waals surface area contributed by atoms with Crippen LogP contribution >= 0.6 is 15.9 Å². The summed E-state index contributed by atoms with van der Waals surface area (Å²) in [6, 6.07) is 0.178. The fourth-order valence-corrected chi connectivity index (χ4v) is 0.699. The van der Waals surface area contributed by atoms with Crippen molar-refractivity contribution in [3.8, 4) is 0 Å². The highest BCUT2D eigenvalue weighted by Crippen LogP contribution is 2.21. The molecule has 1 N–H and O–H groups in total. The Morgan fingerprint density at radius 2 is 1.62 bits per heavy atom. The van der Waals surface area contributed by atoms with Gasteiger partial charge in [-0.1, -0.05) is 36.7 Å². The van der Waals surface area contributed by atoms with E-state index in [4.69, 9.17) is 0 Å². The van der Waals surface area contributed by atoms with Crippen molar-refractivity contribution in [2.75, 3.05) is 0 Å². The number of nitrogens with one attached hydrogen (secondary N) is 1. The van der Waals surface area contributed by atoms with E-state index in [2.05, 4.69) is 42.0 Å². The molecule has 0 saturated carbocycles. The summed E-state index contributed by atoms with van der Waals surface area (Å²) in [6.07, 6.45) is 0. The standard InChI is InChI=1S/C10H20BrNO/c1-7(9(2,3)4)12-8(13)10(5,6)11/h7H,1-6H3,(H,12,13). The van der Waals surface area contributed by atoms with E-state index in [0.29, 0.717) is 0 Å². The first-order valence-electron chi connectivity index (χ1n) is 4.55. The van der Waals surface area contributed by atoms with Crippen LogP contribution in [0.3, 0.4) is 0 Å². The maximum atomic E-state index is 11.6. The van der Waals surface area contributed by atoms with Crippen LogP contribution in [0.25, 0.3) is 0 Å². The lowest BCUT2D eigenvalue weighted by atomic mass is 9.88. The minimum atomic E-state index is -0.480. The Labute approximate surface area is 89.6 Å². The molecule has 0 fully saturated rings. The number of hydrogen-bond donors (Lipinski definition) is 1. The Hall–Kier alpha value is -0.0500. The van der Waals surface area contributed by atoms with E-state index < -0.39 is 4.32 Å². The predicted octanol–water partition coefficient (Wildman–Crippen LogP) is 2.71. The predicted molar refractivity (Wildman–Crippen MR) is 60.1 cm³/mol. The van der Waals surface area contributed by atoms with Crippen molar-refractivity contribution in [1.29, 1.82) is 0 Å². The van der Waals surface area contributed by atoms with E-state index in [1.54, 1.807) is 0 Å². The minimum absolute atomic E-state index is 0.0370. The van der Waals surface area contributed by atoms with Gasteiger partial charge < -0.3 is 5.32 Å². The van der Waals surface area contributed by atoms with Gasteiger partial charge >= 0.3 is 0 Å². The zero-order valence-electron chi connectivity index (χ0n) is 9.36. The number of hydrogen-bond acceptors (Lipinski definition) is 1. The van der Waals surface area contributed by atoms with Gasteiger partial charge in [-0.3, -0.25) is 4.79 Å². The fraction of sp³-hybridized carbons (Fsp3) is 0.900. The van der Waals surface area contributed by atoms with Crippen LogP contribution in [0.1, 0.15) is 41.5 Å². The van der Waals surface area contributed by atoms with Crippen LogP contribution in [-0.4, -0.2) is 16.3 Å². The maximum absolute atomic E-state index is 11.6. The van der Waals surface area contributed by atoms with E-state index in [1.807, 2.05) is 20.8 Å². The van der Waals surface area contributed by atoms with Crippen LogP contribution < -0.4 is 5.32 Å². The van der Waals surface area contributed by atoms with Gasteiger partial charge in [-0.2, -0.15) is 0 Å². The zero-order valence-corrected chi connectivity index (χ0v) is 10.9. The first-order valence-corrected chi connectivity index (χ1v) is 5.34. The molecule has 0 aromatic carbocycles. The van der Waals surface area contributed by atoms with Crippen LogP contribution in [0.15, 0.2) is 0 Å². The molecule has 0 aliphatic rings. The summed E-state index contributed by atoms with van der Waals surface area (Å²) >= 11 is 3.33. The molecule has 78 valence electrons. The van der Waals surface area contributed by atoms with Crippen LogP contribution in [0.4, 0.5) is 0 Å². The smallest absolute Gasteiger partial charge is 0.236 e. The van der Waals surface area contributed by atoms with Gasteiger partial charge in [-0.25, -0.2) is 0 Å². The third-order valence-corrected chi connectivity index (χ3v) is 2.55. The quantitative estimate of drug-likeness (QED) is 0.750. The second-order valence-electron chi connectivity index (χ2n) is 5.03. The number of rotatable bonds is 2. The third kappa shape index (κ3) is 4.65. The van der Waals surface area contributed by atoms with Gasteiger partial charge in [0.25, 0.3) is 0 Å². The zero-order chi connectivity index (χ0) is 10.9. The van der Waals surface area contributed by atoms with E-state index in [1.165, 1.54) is 0 Å². The summed E-state index contributed by atoms with van der Waals surface area (Å²) in [4.78, 5) is 11.6. The van der Waals surface area contributed by atoms with Crippen molar-refractivity contribution >= 4 is 21.8 Å². The lowest BCUT2D eigenvalue weighted by Crippen LogP contribution is -2.47. The first-order chi connectivity index (χ1) is 5.55. The number of carbonyl (C=O) groups excluding carboxylic acids is 1. The molecule has 1 atom stereocenters. The average Bonchev–Trinajstić information content (AvgIpc) is 1.82. The Bertz CT molecular complexity index is 188.